The molecule has 0 spiro atoms. The van der Waals surface area contributed by atoms with Crippen LogP contribution in [0.4, 0.5) is 0 Å². The third-order valence-electron chi connectivity index (χ3n) is 7.86. The average molecular weight is 432 g/mol. The van der Waals surface area contributed by atoms with Gasteiger partial charge in [0.15, 0.2) is 5.78 Å². The Balaban J connectivity index is 1.43. The lowest BCUT2D eigenvalue weighted by atomic mass is 9.57. The van der Waals surface area contributed by atoms with Gasteiger partial charge in [-0.1, -0.05) is 66.2 Å². The largest absolute Gasteiger partial charge is 0.314 e. The van der Waals surface area contributed by atoms with Crippen molar-refractivity contribution in [2.45, 2.75) is 44.6 Å². The van der Waals surface area contributed by atoms with Crippen molar-refractivity contribution in [3.8, 4) is 22.3 Å². The van der Waals surface area contributed by atoms with E-state index in [1.807, 2.05) is 6.07 Å². The Morgan fingerprint density at radius 2 is 1.55 bits per heavy atom. The number of Topliss-reactive ketones (excluding diaryl/α,β-unsaturated/α-hetero) is 1. The maximum absolute atomic E-state index is 12.4. The topological polar surface area (TPSA) is 29.1 Å². The van der Waals surface area contributed by atoms with Crippen LogP contribution < -0.4 is 5.32 Å². The quantitative estimate of drug-likeness (QED) is 0.350. The molecular weight excluding hydrogens is 402 g/mol. The summed E-state index contributed by atoms with van der Waals surface area (Å²) in [5.41, 5.74) is 8.55. The van der Waals surface area contributed by atoms with Crippen LogP contribution in [0.2, 0.25) is 0 Å². The van der Waals surface area contributed by atoms with Crippen molar-refractivity contribution in [3.05, 3.63) is 95.6 Å². The molecule has 0 amide bonds. The molecule has 0 unspecified atom stereocenters. The first-order valence-electron chi connectivity index (χ1n) is 12.0. The van der Waals surface area contributed by atoms with Crippen LogP contribution in [0.5, 0.6) is 0 Å². The summed E-state index contributed by atoms with van der Waals surface area (Å²) in [5.74, 6) is 0.101. The summed E-state index contributed by atoms with van der Waals surface area (Å²) in [7, 11) is 0. The number of rotatable bonds is 4. The lowest BCUT2D eigenvalue weighted by molar-refractivity contribution is 0.101. The zero-order chi connectivity index (χ0) is 22.6. The minimum absolute atomic E-state index is 0.101. The van der Waals surface area contributed by atoms with Crippen molar-refractivity contribution >= 4 is 16.6 Å². The Labute approximate surface area is 195 Å². The van der Waals surface area contributed by atoms with Gasteiger partial charge >= 0.3 is 0 Å². The summed E-state index contributed by atoms with van der Waals surface area (Å²) in [4.78, 5) is 12.4. The molecule has 2 heterocycles. The smallest absolute Gasteiger partial charge is 0.159 e. The molecule has 4 aromatic rings. The molecule has 0 atom stereocenters. The van der Waals surface area contributed by atoms with E-state index in [1.54, 1.807) is 6.92 Å². The second-order valence-electron chi connectivity index (χ2n) is 10.0. The number of piperidine rings is 2. The number of benzene rings is 4. The monoisotopic (exact) mass is 431 g/mol. The van der Waals surface area contributed by atoms with Crippen LogP contribution in [0.15, 0.2) is 78.9 Å². The predicted molar refractivity (Wildman–Crippen MR) is 137 cm³/mol. The first-order valence-corrected chi connectivity index (χ1v) is 12.0. The number of nitrogens with one attached hydrogen (secondary N) is 1. The van der Waals surface area contributed by atoms with Gasteiger partial charge in [-0.2, -0.15) is 0 Å². The van der Waals surface area contributed by atoms with Crippen molar-refractivity contribution < 1.29 is 4.79 Å². The molecule has 2 aliphatic heterocycles. The van der Waals surface area contributed by atoms with Gasteiger partial charge < -0.3 is 5.32 Å². The van der Waals surface area contributed by atoms with Gasteiger partial charge in [0.25, 0.3) is 0 Å². The molecule has 1 N–H and O–H groups in total. The Bertz CT molecular complexity index is 1350. The Morgan fingerprint density at radius 1 is 0.848 bits per heavy atom. The molecule has 7 rings (SSSR count). The van der Waals surface area contributed by atoms with E-state index in [4.69, 9.17) is 0 Å². The number of carbonyl (C=O) groups excluding carboxylic acids is 1. The fourth-order valence-corrected chi connectivity index (χ4v) is 5.87. The number of hydrogen-bond donors (Lipinski definition) is 1. The van der Waals surface area contributed by atoms with E-state index in [-0.39, 0.29) is 5.78 Å². The van der Waals surface area contributed by atoms with E-state index >= 15 is 0 Å². The summed E-state index contributed by atoms with van der Waals surface area (Å²) >= 11 is 0. The minimum atomic E-state index is 0.101. The second kappa shape index (κ2) is 7.67. The van der Waals surface area contributed by atoms with Crippen molar-refractivity contribution in [1.82, 2.24) is 5.32 Å². The SMILES string of the molecule is CC(=O)c1cc(-c2ccc(C34CCNC(C3)C4)cc2)c2ccc(-c3ccc(C)cc3)cc2c1. The van der Waals surface area contributed by atoms with E-state index in [2.05, 4.69) is 85.0 Å². The number of fused-ring (bicyclic) bond motifs is 3. The molecule has 1 saturated carbocycles. The van der Waals surface area contributed by atoms with Gasteiger partial charge in [0.1, 0.15) is 0 Å². The van der Waals surface area contributed by atoms with Gasteiger partial charge in [-0.3, -0.25) is 4.79 Å². The van der Waals surface area contributed by atoms with Crippen LogP contribution in [0.3, 0.4) is 0 Å². The third kappa shape index (κ3) is 3.50. The Morgan fingerprint density at radius 3 is 2.21 bits per heavy atom. The molecule has 4 aromatic carbocycles. The maximum atomic E-state index is 12.4. The van der Waals surface area contributed by atoms with Gasteiger partial charge in [0.05, 0.1) is 0 Å². The molecule has 0 aromatic heterocycles. The van der Waals surface area contributed by atoms with E-state index in [0.29, 0.717) is 11.5 Å². The highest BCUT2D eigenvalue weighted by Gasteiger charge is 2.47. The zero-order valence-electron chi connectivity index (χ0n) is 19.3. The molecule has 1 aliphatic carbocycles. The molecule has 3 fully saturated rings. The summed E-state index contributed by atoms with van der Waals surface area (Å²) in [5, 5.41) is 5.90. The highest BCUT2D eigenvalue weighted by atomic mass is 16.1. The fraction of sp³-hybridized carbons (Fsp3) is 0.258. The molecule has 2 bridgehead atoms. The first-order chi connectivity index (χ1) is 16.0. The Hall–Kier alpha value is -3.23. The first kappa shape index (κ1) is 20.4. The van der Waals surface area contributed by atoms with E-state index in [0.717, 1.165) is 23.1 Å². The fourth-order valence-electron chi connectivity index (χ4n) is 5.87. The molecular formula is C31H29NO. The van der Waals surface area contributed by atoms with Crippen molar-refractivity contribution in [1.29, 1.82) is 0 Å². The number of aryl methyl sites for hydroxylation is 1. The second-order valence-corrected chi connectivity index (χ2v) is 10.0. The zero-order valence-corrected chi connectivity index (χ0v) is 19.3. The van der Waals surface area contributed by atoms with Crippen molar-refractivity contribution in [2.75, 3.05) is 6.54 Å². The average Bonchev–Trinajstić information content (AvgIpc) is 2.83. The predicted octanol–water partition coefficient (Wildman–Crippen LogP) is 7.08. The van der Waals surface area contributed by atoms with E-state index < -0.39 is 0 Å². The van der Waals surface area contributed by atoms with Gasteiger partial charge in [-0.15, -0.1) is 0 Å². The molecule has 2 saturated heterocycles. The van der Waals surface area contributed by atoms with Crippen LogP contribution >= 0.6 is 0 Å². The number of ketones is 1. The summed E-state index contributed by atoms with van der Waals surface area (Å²) in [6.07, 6.45) is 3.75. The van der Waals surface area contributed by atoms with Crippen LogP contribution in [-0.2, 0) is 5.41 Å². The van der Waals surface area contributed by atoms with Crippen LogP contribution in [0, 0.1) is 6.92 Å². The van der Waals surface area contributed by atoms with Crippen LogP contribution in [0.1, 0.15) is 47.7 Å². The van der Waals surface area contributed by atoms with Gasteiger partial charge in [-0.05, 0) is 102 Å². The molecule has 2 nitrogen and oxygen atoms in total. The highest BCUT2D eigenvalue weighted by Crippen LogP contribution is 2.49. The summed E-state index contributed by atoms with van der Waals surface area (Å²) in [6, 6.07) is 29.2. The standard InChI is InChI=1S/C31H29NO/c1-20-3-5-22(6-4-20)24-9-12-29-26(15-24)16-25(21(2)33)17-30(29)23-7-10-27(11-8-23)31-13-14-32-28(18-31)19-31/h3-12,15-17,28,32H,13-14,18-19H2,1-2H3. The number of carbonyl (C=O) groups is 1. The molecule has 164 valence electrons. The van der Waals surface area contributed by atoms with Crippen molar-refractivity contribution in [2.24, 2.45) is 0 Å². The molecule has 3 aliphatic rings. The van der Waals surface area contributed by atoms with Crippen LogP contribution in [0.25, 0.3) is 33.0 Å². The molecule has 33 heavy (non-hydrogen) atoms. The van der Waals surface area contributed by atoms with Crippen LogP contribution in [-0.4, -0.2) is 18.4 Å². The molecule has 2 heteroatoms. The van der Waals surface area contributed by atoms with E-state index in [9.17, 15) is 4.79 Å². The summed E-state index contributed by atoms with van der Waals surface area (Å²) in [6.45, 7) is 4.89. The molecule has 0 radical (unpaired) electrons. The third-order valence-corrected chi connectivity index (χ3v) is 7.86. The number of hydrogen-bond acceptors (Lipinski definition) is 2. The maximum Gasteiger partial charge on any atom is 0.159 e. The normalized spacial score (nSPS) is 21.6. The summed E-state index contributed by atoms with van der Waals surface area (Å²) < 4.78 is 0. The highest BCUT2D eigenvalue weighted by molar-refractivity contribution is 6.05. The van der Waals surface area contributed by atoms with Gasteiger partial charge in [0, 0.05) is 11.6 Å². The van der Waals surface area contributed by atoms with Crippen molar-refractivity contribution in [3.63, 3.8) is 0 Å². The van der Waals surface area contributed by atoms with Gasteiger partial charge in [0.2, 0.25) is 0 Å². The minimum Gasteiger partial charge on any atom is -0.314 e. The van der Waals surface area contributed by atoms with E-state index in [1.165, 1.54) is 52.5 Å². The van der Waals surface area contributed by atoms with Gasteiger partial charge in [-0.25, -0.2) is 0 Å². The lowest BCUT2D eigenvalue weighted by Gasteiger charge is -2.53. The Kier molecular flexibility index (Phi) is 4.74. The lowest BCUT2D eigenvalue weighted by Crippen LogP contribution is -2.58.